The third-order valence-electron chi connectivity index (χ3n) is 4.90. The number of sulfone groups is 1. The predicted molar refractivity (Wildman–Crippen MR) is 117 cm³/mol. The van der Waals surface area contributed by atoms with E-state index in [0.717, 1.165) is 17.7 Å². The zero-order chi connectivity index (χ0) is 23.1. The highest BCUT2D eigenvalue weighted by Gasteiger charge is 2.49. The Morgan fingerprint density at radius 1 is 1.12 bits per heavy atom. The molecule has 4 rings (SSSR count). The Hall–Kier alpha value is -2.24. The van der Waals surface area contributed by atoms with Crippen LogP contribution in [0.25, 0.3) is 0 Å². The molecule has 2 aromatic rings. The largest absolute Gasteiger partial charge is 0.573 e. The number of hydrogen-bond acceptors (Lipinski definition) is 5. The van der Waals surface area contributed by atoms with Crippen LogP contribution in [-0.2, 0) is 21.1 Å². The smallest absolute Gasteiger partial charge is 0.406 e. The summed E-state index contributed by atoms with van der Waals surface area (Å²) in [5.74, 6) is -1.02. The maximum Gasteiger partial charge on any atom is 0.573 e. The minimum Gasteiger partial charge on any atom is -0.406 e. The van der Waals surface area contributed by atoms with Gasteiger partial charge in [-0.1, -0.05) is 35.5 Å². The fourth-order valence-electron chi connectivity index (χ4n) is 3.60. The van der Waals surface area contributed by atoms with Gasteiger partial charge < -0.3 is 9.64 Å². The molecule has 2 aliphatic rings. The van der Waals surface area contributed by atoms with Crippen molar-refractivity contribution in [2.75, 3.05) is 16.4 Å². The Morgan fingerprint density at radius 2 is 1.78 bits per heavy atom. The quantitative estimate of drug-likeness (QED) is 0.624. The number of halogens is 4. The fraction of sp³-hybridized carbons (Fsp3) is 0.300. The van der Waals surface area contributed by atoms with E-state index in [1.807, 2.05) is 0 Å². The summed E-state index contributed by atoms with van der Waals surface area (Å²) in [5.41, 5.74) is 1.14. The van der Waals surface area contributed by atoms with Crippen LogP contribution >= 0.6 is 23.4 Å². The molecule has 2 aliphatic heterocycles. The van der Waals surface area contributed by atoms with Crippen molar-refractivity contribution in [3.05, 3.63) is 59.1 Å². The van der Waals surface area contributed by atoms with Gasteiger partial charge in [0.1, 0.15) is 5.75 Å². The Labute approximate surface area is 191 Å². The van der Waals surface area contributed by atoms with Gasteiger partial charge in [0.05, 0.1) is 24.0 Å². The molecule has 0 spiro atoms. The van der Waals surface area contributed by atoms with E-state index < -0.39 is 33.9 Å². The molecule has 2 aromatic carbocycles. The summed E-state index contributed by atoms with van der Waals surface area (Å²) in [4.78, 5) is 18.4. The normalized spacial score (nSPS) is 23.4. The first kappa shape index (κ1) is 22.9. The molecule has 170 valence electrons. The Balaban J connectivity index is 1.60. The summed E-state index contributed by atoms with van der Waals surface area (Å²) < 4.78 is 65.5. The summed E-state index contributed by atoms with van der Waals surface area (Å²) in [6.45, 7) is 0. The molecule has 6 nitrogen and oxygen atoms in total. The van der Waals surface area contributed by atoms with Gasteiger partial charge in [-0.3, -0.25) is 4.79 Å². The number of anilines is 1. The lowest BCUT2D eigenvalue weighted by atomic mass is 10.1. The van der Waals surface area contributed by atoms with Crippen LogP contribution in [0.3, 0.4) is 0 Å². The first-order valence-corrected chi connectivity index (χ1v) is 12.5. The number of amidine groups is 1. The lowest BCUT2D eigenvalue weighted by Gasteiger charge is -2.24. The van der Waals surface area contributed by atoms with Gasteiger partial charge >= 0.3 is 6.36 Å². The molecule has 2 heterocycles. The molecular formula is C20H16ClF3N2O4S2. The molecule has 0 aromatic heterocycles. The van der Waals surface area contributed by atoms with Crippen LogP contribution in [0.5, 0.6) is 5.75 Å². The number of benzene rings is 2. The van der Waals surface area contributed by atoms with Crippen molar-refractivity contribution < 1.29 is 31.1 Å². The zero-order valence-corrected chi connectivity index (χ0v) is 18.6. The van der Waals surface area contributed by atoms with E-state index in [4.69, 9.17) is 11.6 Å². The number of carbonyl (C=O) groups excluding carboxylic acids is 1. The molecule has 32 heavy (non-hydrogen) atoms. The van der Waals surface area contributed by atoms with E-state index in [9.17, 15) is 26.4 Å². The Kier molecular flexibility index (Phi) is 6.17. The summed E-state index contributed by atoms with van der Waals surface area (Å²) in [5, 5.41) is 0.531. The molecule has 0 bridgehead atoms. The van der Waals surface area contributed by atoms with Crippen LogP contribution < -0.4 is 9.64 Å². The fourth-order valence-corrected chi connectivity index (χ4v) is 7.66. The average molecular weight is 505 g/mol. The van der Waals surface area contributed by atoms with E-state index >= 15 is 0 Å². The zero-order valence-electron chi connectivity index (χ0n) is 16.3. The van der Waals surface area contributed by atoms with Crippen LogP contribution in [0, 0.1) is 0 Å². The van der Waals surface area contributed by atoms with E-state index in [1.165, 1.54) is 23.9 Å². The van der Waals surface area contributed by atoms with Crippen LogP contribution in [0.2, 0.25) is 5.02 Å². The Morgan fingerprint density at radius 3 is 2.41 bits per heavy atom. The monoisotopic (exact) mass is 504 g/mol. The van der Waals surface area contributed by atoms with Crippen LogP contribution in [0.1, 0.15) is 5.56 Å². The van der Waals surface area contributed by atoms with Gasteiger partial charge in [0.25, 0.3) is 5.91 Å². The van der Waals surface area contributed by atoms with Crippen molar-refractivity contribution in [3.63, 3.8) is 0 Å². The van der Waals surface area contributed by atoms with Gasteiger partial charge in [-0.15, -0.1) is 13.2 Å². The summed E-state index contributed by atoms with van der Waals surface area (Å²) in [6, 6.07) is 11.3. The van der Waals surface area contributed by atoms with Crippen LogP contribution in [0.4, 0.5) is 18.9 Å². The van der Waals surface area contributed by atoms with Crippen molar-refractivity contribution in [2.45, 2.75) is 24.1 Å². The molecule has 2 unspecified atom stereocenters. The van der Waals surface area contributed by atoms with Crippen molar-refractivity contribution in [3.8, 4) is 5.75 Å². The molecule has 2 fully saturated rings. The maximum absolute atomic E-state index is 12.6. The number of thioether (sulfide) groups is 1. The Bertz CT molecular complexity index is 1150. The first-order chi connectivity index (χ1) is 15.0. The standard InChI is InChI=1S/C20H16ClF3N2O4S2/c21-13-3-1-12(2-4-13)9-18(27)25-19-26(16-10-32(28,29)11-17(16)31-19)14-5-7-15(8-6-14)30-20(22,23)24/h1-8,16-17H,9-11H2. The lowest BCUT2D eigenvalue weighted by Crippen LogP contribution is -2.37. The van der Waals surface area contributed by atoms with Gasteiger partial charge in [0.2, 0.25) is 0 Å². The molecule has 1 amide bonds. The summed E-state index contributed by atoms with van der Waals surface area (Å²) in [6.07, 6.45) is -4.79. The number of rotatable bonds is 4. The van der Waals surface area contributed by atoms with Gasteiger partial charge in [0, 0.05) is 16.0 Å². The van der Waals surface area contributed by atoms with Gasteiger partial charge in [-0.25, -0.2) is 8.42 Å². The number of fused-ring (bicyclic) bond motifs is 1. The van der Waals surface area contributed by atoms with Gasteiger partial charge in [-0.05, 0) is 42.0 Å². The second-order valence-corrected chi connectivity index (χ2v) is 11.1. The number of nitrogens with zero attached hydrogens (tertiary/aromatic N) is 2. The SMILES string of the molecule is O=C(Cc1ccc(Cl)cc1)N=C1SC2CS(=O)(=O)CC2N1c1ccc(OC(F)(F)F)cc1. The average Bonchev–Trinajstić information content (AvgIpc) is 3.14. The topological polar surface area (TPSA) is 76.0 Å². The highest BCUT2D eigenvalue weighted by atomic mass is 35.5. The number of carbonyl (C=O) groups is 1. The number of hydrogen-bond donors (Lipinski definition) is 0. The second kappa shape index (κ2) is 8.60. The van der Waals surface area contributed by atoms with Crippen LogP contribution in [0.15, 0.2) is 53.5 Å². The molecule has 0 radical (unpaired) electrons. The number of aliphatic imine (C=N–C) groups is 1. The van der Waals surface area contributed by atoms with Crippen molar-refractivity contribution in [2.24, 2.45) is 4.99 Å². The highest BCUT2D eigenvalue weighted by Crippen LogP contribution is 2.41. The molecule has 12 heteroatoms. The van der Waals surface area contributed by atoms with E-state index in [-0.39, 0.29) is 23.2 Å². The van der Waals surface area contributed by atoms with E-state index in [2.05, 4.69) is 9.73 Å². The minimum absolute atomic E-state index is 0.0288. The molecule has 2 atom stereocenters. The minimum atomic E-state index is -4.82. The molecule has 0 N–H and O–H groups in total. The second-order valence-electron chi connectivity index (χ2n) is 7.30. The predicted octanol–water partition coefficient (Wildman–Crippen LogP) is 4.08. The third-order valence-corrected chi connectivity index (χ3v) is 8.37. The van der Waals surface area contributed by atoms with Gasteiger partial charge in [0.15, 0.2) is 15.0 Å². The van der Waals surface area contributed by atoms with Crippen molar-refractivity contribution >= 4 is 50.0 Å². The van der Waals surface area contributed by atoms with Crippen LogP contribution in [-0.4, -0.2) is 48.7 Å². The number of amides is 1. The number of ether oxygens (including phenoxy) is 1. The third kappa shape index (κ3) is 5.38. The molecule has 0 saturated carbocycles. The summed E-state index contributed by atoms with van der Waals surface area (Å²) >= 11 is 7.04. The molecule has 2 saturated heterocycles. The van der Waals surface area contributed by atoms with E-state index in [0.29, 0.717) is 15.9 Å². The number of alkyl halides is 3. The van der Waals surface area contributed by atoms with Crippen molar-refractivity contribution in [1.82, 2.24) is 0 Å². The van der Waals surface area contributed by atoms with Crippen molar-refractivity contribution in [1.29, 1.82) is 0 Å². The molecule has 0 aliphatic carbocycles. The lowest BCUT2D eigenvalue weighted by molar-refractivity contribution is -0.274. The van der Waals surface area contributed by atoms with E-state index in [1.54, 1.807) is 29.2 Å². The summed E-state index contributed by atoms with van der Waals surface area (Å²) in [7, 11) is -3.27. The molecular weight excluding hydrogens is 489 g/mol. The highest BCUT2D eigenvalue weighted by molar-refractivity contribution is 8.16. The van der Waals surface area contributed by atoms with Gasteiger partial charge in [-0.2, -0.15) is 4.99 Å². The first-order valence-electron chi connectivity index (χ1n) is 9.37. The maximum atomic E-state index is 12.6.